The maximum Gasteiger partial charge on any atom is 0.272 e. The minimum absolute atomic E-state index is 0.0228. The Labute approximate surface area is 171 Å². The Morgan fingerprint density at radius 1 is 1.21 bits per heavy atom. The molecule has 0 bridgehead atoms. The zero-order chi connectivity index (χ0) is 19.7. The largest absolute Gasteiger partial charge is 0.365 e. The molecule has 1 aliphatic rings. The van der Waals surface area contributed by atoms with E-state index in [0.29, 0.717) is 29.4 Å². The van der Waals surface area contributed by atoms with Crippen molar-refractivity contribution in [2.45, 2.75) is 25.8 Å². The van der Waals surface area contributed by atoms with E-state index in [1.54, 1.807) is 16.8 Å². The van der Waals surface area contributed by atoms with E-state index in [4.69, 9.17) is 27.9 Å². The molecule has 0 radical (unpaired) electrons. The van der Waals surface area contributed by atoms with Crippen molar-refractivity contribution in [2.24, 2.45) is 0 Å². The van der Waals surface area contributed by atoms with Gasteiger partial charge in [0.15, 0.2) is 5.69 Å². The van der Waals surface area contributed by atoms with Crippen molar-refractivity contribution in [1.82, 2.24) is 15.1 Å². The van der Waals surface area contributed by atoms with Crippen LogP contribution in [0, 0.1) is 5.82 Å². The Balaban J connectivity index is 1.42. The lowest BCUT2D eigenvalue weighted by Crippen LogP contribution is -2.24. The number of hydrogen-bond donors (Lipinski definition) is 1. The van der Waals surface area contributed by atoms with Crippen LogP contribution in [0.15, 0.2) is 48.5 Å². The number of hydrogen-bond acceptors (Lipinski definition) is 3. The minimum Gasteiger partial charge on any atom is -0.365 e. The van der Waals surface area contributed by atoms with Crippen LogP contribution >= 0.6 is 23.2 Å². The third-order valence-electron chi connectivity index (χ3n) is 4.55. The number of rotatable bonds is 4. The van der Waals surface area contributed by atoms with Crippen LogP contribution in [0.4, 0.5) is 4.39 Å². The van der Waals surface area contributed by atoms with Gasteiger partial charge in [0.1, 0.15) is 11.9 Å². The molecule has 0 saturated heterocycles. The molecule has 2 aromatic carbocycles. The van der Waals surface area contributed by atoms with E-state index in [2.05, 4.69) is 10.4 Å². The topological polar surface area (TPSA) is 56.2 Å². The second kappa shape index (κ2) is 7.91. The molecule has 4 rings (SSSR count). The van der Waals surface area contributed by atoms with E-state index < -0.39 is 5.82 Å². The summed E-state index contributed by atoms with van der Waals surface area (Å²) in [5.41, 5.74) is 2.85. The fourth-order valence-corrected chi connectivity index (χ4v) is 3.37. The monoisotopic (exact) mass is 419 g/mol. The maximum atomic E-state index is 13.2. The van der Waals surface area contributed by atoms with E-state index in [1.807, 2.05) is 24.3 Å². The molecule has 1 amide bonds. The van der Waals surface area contributed by atoms with Crippen LogP contribution in [0.3, 0.4) is 0 Å². The third kappa shape index (κ3) is 4.04. The lowest BCUT2D eigenvalue weighted by Gasteiger charge is -2.24. The summed E-state index contributed by atoms with van der Waals surface area (Å²) in [6, 6.07) is 13.5. The first-order valence-electron chi connectivity index (χ1n) is 8.65. The number of halogens is 3. The van der Waals surface area contributed by atoms with Crippen LogP contribution in [-0.4, -0.2) is 15.7 Å². The summed E-state index contributed by atoms with van der Waals surface area (Å²) >= 11 is 11.7. The highest BCUT2D eigenvalue weighted by Crippen LogP contribution is 2.27. The average molecular weight is 420 g/mol. The Morgan fingerprint density at radius 2 is 2.00 bits per heavy atom. The van der Waals surface area contributed by atoms with Gasteiger partial charge in [-0.15, -0.1) is 0 Å². The lowest BCUT2D eigenvalue weighted by molar-refractivity contribution is -0.00119. The molecule has 8 heteroatoms. The van der Waals surface area contributed by atoms with Crippen molar-refractivity contribution < 1.29 is 13.9 Å². The molecular formula is C20H16Cl2FN3O2. The Kier molecular flexibility index (Phi) is 5.35. The fraction of sp³-hybridized carbons (Fsp3) is 0.200. The molecule has 1 N–H and O–H groups in total. The summed E-state index contributed by atoms with van der Waals surface area (Å²) in [5.74, 6) is -0.806. The molecule has 0 unspecified atom stereocenters. The third-order valence-corrected chi connectivity index (χ3v) is 5.09. The maximum absolute atomic E-state index is 13.2. The molecule has 144 valence electrons. The van der Waals surface area contributed by atoms with E-state index in [1.165, 1.54) is 12.1 Å². The van der Waals surface area contributed by atoms with Crippen LogP contribution in [0.5, 0.6) is 0 Å². The van der Waals surface area contributed by atoms with E-state index >= 15 is 0 Å². The fourth-order valence-electron chi connectivity index (χ4n) is 3.04. The van der Waals surface area contributed by atoms with Crippen LogP contribution in [0.25, 0.3) is 0 Å². The number of benzene rings is 2. The number of amides is 1. The molecule has 0 aliphatic carbocycles. The predicted molar refractivity (Wildman–Crippen MR) is 104 cm³/mol. The summed E-state index contributed by atoms with van der Waals surface area (Å²) in [6.07, 6.45) is -0.151. The molecule has 0 fully saturated rings. The first-order valence-corrected chi connectivity index (χ1v) is 9.41. The Bertz CT molecular complexity index is 1020. The normalized spacial score (nSPS) is 15.9. The zero-order valence-electron chi connectivity index (χ0n) is 14.7. The lowest BCUT2D eigenvalue weighted by atomic mass is 10.1. The van der Waals surface area contributed by atoms with Gasteiger partial charge < -0.3 is 10.1 Å². The van der Waals surface area contributed by atoms with Gasteiger partial charge in [0.2, 0.25) is 0 Å². The van der Waals surface area contributed by atoms with E-state index in [9.17, 15) is 9.18 Å². The van der Waals surface area contributed by atoms with Crippen molar-refractivity contribution in [2.75, 3.05) is 0 Å². The van der Waals surface area contributed by atoms with Gasteiger partial charge in [0, 0.05) is 11.6 Å². The van der Waals surface area contributed by atoms with Crippen LogP contribution in [0.1, 0.15) is 33.4 Å². The van der Waals surface area contributed by atoms with Crippen molar-refractivity contribution >= 4 is 29.1 Å². The van der Waals surface area contributed by atoms with Crippen molar-refractivity contribution in [3.05, 3.63) is 86.9 Å². The van der Waals surface area contributed by atoms with Crippen molar-refractivity contribution in [3.8, 4) is 0 Å². The summed E-state index contributed by atoms with van der Waals surface area (Å²) < 4.78 is 20.9. The molecule has 5 nitrogen and oxygen atoms in total. The van der Waals surface area contributed by atoms with Crippen LogP contribution < -0.4 is 5.32 Å². The van der Waals surface area contributed by atoms with Gasteiger partial charge in [-0.1, -0.05) is 41.4 Å². The van der Waals surface area contributed by atoms with Gasteiger partial charge >= 0.3 is 0 Å². The number of fused-ring (bicyclic) bond motifs is 1. The number of carbonyl (C=O) groups excluding carboxylic acids is 1. The second-order valence-electron chi connectivity index (χ2n) is 6.49. The molecule has 28 heavy (non-hydrogen) atoms. The highest BCUT2D eigenvalue weighted by Gasteiger charge is 2.24. The number of nitrogens with one attached hydrogen (secondary N) is 1. The van der Waals surface area contributed by atoms with Gasteiger partial charge in [0.05, 0.1) is 23.9 Å². The number of carbonyl (C=O) groups is 1. The minimum atomic E-state index is -0.492. The molecule has 2 heterocycles. The SMILES string of the molecule is O=C(NCc1ccc(F)c(Cl)c1)c1cc2n(n1)C[C@H](c1ccc(Cl)cc1)OC2. The molecular weight excluding hydrogens is 404 g/mol. The van der Waals surface area contributed by atoms with Gasteiger partial charge in [-0.3, -0.25) is 9.48 Å². The molecule has 0 saturated carbocycles. The first kappa shape index (κ1) is 18.9. The molecule has 1 atom stereocenters. The van der Waals surface area contributed by atoms with Crippen molar-refractivity contribution in [1.29, 1.82) is 0 Å². The van der Waals surface area contributed by atoms with Gasteiger partial charge in [-0.2, -0.15) is 5.10 Å². The first-order chi connectivity index (χ1) is 13.5. The molecule has 1 aliphatic heterocycles. The predicted octanol–water partition coefficient (Wildman–Crippen LogP) is 4.53. The smallest absolute Gasteiger partial charge is 0.272 e. The van der Waals surface area contributed by atoms with E-state index in [0.717, 1.165) is 11.3 Å². The quantitative estimate of drug-likeness (QED) is 0.675. The highest BCUT2D eigenvalue weighted by atomic mass is 35.5. The van der Waals surface area contributed by atoms with Crippen molar-refractivity contribution in [3.63, 3.8) is 0 Å². The summed E-state index contributed by atoms with van der Waals surface area (Å²) in [5, 5.41) is 7.86. The van der Waals surface area contributed by atoms with Gasteiger partial charge in [0.25, 0.3) is 5.91 Å². The highest BCUT2D eigenvalue weighted by molar-refractivity contribution is 6.31. The molecule has 1 aromatic heterocycles. The Morgan fingerprint density at radius 3 is 2.75 bits per heavy atom. The van der Waals surface area contributed by atoms with Crippen LogP contribution in [0.2, 0.25) is 10.0 Å². The van der Waals surface area contributed by atoms with E-state index in [-0.39, 0.29) is 23.6 Å². The summed E-state index contributed by atoms with van der Waals surface area (Å²) in [6.45, 7) is 1.10. The number of nitrogens with zero attached hydrogens (tertiary/aromatic N) is 2. The second-order valence-corrected chi connectivity index (χ2v) is 7.33. The summed E-state index contributed by atoms with van der Waals surface area (Å²) in [4.78, 5) is 12.4. The number of ether oxygens (including phenoxy) is 1. The molecule has 0 spiro atoms. The van der Waals surface area contributed by atoms with Gasteiger partial charge in [-0.05, 0) is 41.5 Å². The zero-order valence-corrected chi connectivity index (χ0v) is 16.2. The average Bonchev–Trinajstić information content (AvgIpc) is 3.12. The standard InChI is InChI=1S/C20H16Cl2FN3O2/c21-14-4-2-13(3-5-14)19-10-26-15(11-28-19)8-18(25-26)20(27)24-9-12-1-6-17(23)16(22)7-12/h1-8,19H,9-11H2,(H,24,27)/t19-/m1/s1. The summed E-state index contributed by atoms with van der Waals surface area (Å²) in [7, 11) is 0. The van der Waals surface area contributed by atoms with Crippen LogP contribution in [-0.2, 0) is 24.4 Å². The molecule has 3 aromatic rings. The number of aromatic nitrogens is 2. The van der Waals surface area contributed by atoms with Gasteiger partial charge in [-0.25, -0.2) is 4.39 Å². The Hall–Kier alpha value is -2.41.